The maximum Gasteiger partial charge on any atom is 0.416 e. The van der Waals surface area contributed by atoms with Gasteiger partial charge in [0.15, 0.2) is 6.10 Å². The largest absolute Gasteiger partial charge is 0.416 e. The number of primary amides is 1. The molecule has 0 aliphatic rings. The van der Waals surface area contributed by atoms with Gasteiger partial charge in [0.2, 0.25) is 23.6 Å². The predicted molar refractivity (Wildman–Crippen MR) is 179 cm³/mol. The Hall–Kier alpha value is -4.40. The van der Waals surface area contributed by atoms with Crippen molar-refractivity contribution in [3.8, 4) is 11.1 Å². The number of amides is 4. The summed E-state index contributed by atoms with van der Waals surface area (Å²) in [5.41, 5.74) is 7.81. The quantitative estimate of drug-likeness (QED) is 0.124. The van der Waals surface area contributed by atoms with Crippen molar-refractivity contribution in [1.29, 1.82) is 0 Å². The number of nitrogens with two attached hydrogens (primary N) is 1. The minimum absolute atomic E-state index is 0.0716. The average molecular weight is 690 g/mol. The van der Waals surface area contributed by atoms with Crippen LogP contribution in [-0.4, -0.2) is 66.2 Å². The third-order valence-electron chi connectivity index (χ3n) is 6.51. The summed E-state index contributed by atoms with van der Waals surface area (Å²) < 4.78 is 42.1. The second-order valence-corrected chi connectivity index (χ2v) is 11.7. The molecule has 48 heavy (non-hydrogen) atoms. The van der Waals surface area contributed by atoms with Gasteiger partial charge in [-0.05, 0) is 47.2 Å². The van der Waals surface area contributed by atoms with Crippen LogP contribution in [0.2, 0.25) is 0 Å². The molecule has 7 N–H and O–H groups in total. The van der Waals surface area contributed by atoms with Gasteiger partial charge in [-0.25, -0.2) is 0 Å². The van der Waals surface area contributed by atoms with E-state index < -0.39 is 67.4 Å². The Kier molecular flexibility index (Phi) is 17.2. The van der Waals surface area contributed by atoms with Crippen LogP contribution in [0.3, 0.4) is 0 Å². The standard InChI is InChI=1S/C31H34F3N5O5S.C3H8/c32-31(33,34)29(43)24(15-16-26(35)40)38-27(41)18-36-30(44)25(17-20-7-3-1-4-8-20)39-28(42)19-37-45-23-13-11-22(12-14-23)21-9-5-2-6-10-21;1-3-2/h1-14,24-25,29,37,43H,15-19H2,(H2,35,40)(H,36,44)(H,38,41)(H,39,42);3H2,1-2H3/t24?,25-,29?;/m0./s1. The topological polar surface area (TPSA) is 163 Å². The molecule has 4 amide bonds. The Bertz CT molecular complexity index is 1430. The highest BCUT2D eigenvalue weighted by Crippen LogP contribution is 2.24. The molecule has 0 saturated carbocycles. The van der Waals surface area contributed by atoms with E-state index in [0.29, 0.717) is 5.56 Å². The summed E-state index contributed by atoms with van der Waals surface area (Å²) in [5, 5.41) is 16.5. The summed E-state index contributed by atoms with van der Waals surface area (Å²) in [4.78, 5) is 50.0. The van der Waals surface area contributed by atoms with Crippen molar-refractivity contribution in [1.82, 2.24) is 20.7 Å². The fourth-order valence-electron chi connectivity index (χ4n) is 4.22. The summed E-state index contributed by atoms with van der Waals surface area (Å²) in [7, 11) is 0. The van der Waals surface area contributed by atoms with E-state index >= 15 is 0 Å². The van der Waals surface area contributed by atoms with Crippen molar-refractivity contribution < 1.29 is 37.5 Å². The predicted octanol–water partition coefficient (Wildman–Crippen LogP) is 3.88. The lowest BCUT2D eigenvalue weighted by Crippen LogP contribution is -2.54. The summed E-state index contributed by atoms with van der Waals surface area (Å²) >= 11 is 1.23. The fourth-order valence-corrected chi connectivity index (χ4v) is 4.86. The highest BCUT2D eigenvalue weighted by atomic mass is 32.2. The SMILES string of the molecule is CCC.NC(=O)CCC(NC(=O)CNC(=O)[C@H](Cc1ccccc1)NC(=O)CNSc1ccc(-c2ccccc2)cc1)C(O)C(F)(F)F. The third kappa shape index (κ3) is 15.0. The molecule has 3 rings (SSSR count). The summed E-state index contributed by atoms with van der Waals surface area (Å²) in [5.74, 6) is -3.21. The molecule has 0 saturated heterocycles. The van der Waals surface area contributed by atoms with Crippen LogP contribution in [0, 0.1) is 0 Å². The molecule has 0 aromatic heterocycles. The number of nitrogens with one attached hydrogen (secondary N) is 4. The Balaban J connectivity index is 0.00000257. The van der Waals surface area contributed by atoms with Gasteiger partial charge in [-0.2, -0.15) is 13.2 Å². The molecule has 14 heteroatoms. The first kappa shape index (κ1) is 39.8. The van der Waals surface area contributed by atoms with Crippen molar-refractivity contribution >= 4 is 35.6 Å². The van der Waals surface area contributed by atoms with Crippen LogP contribution in [0.1, 0.15) is 38.7 Å². The molecule has 260 valence electrons. The van der Waals surface area contributed by atoms with Gasteiger partial charge in [0.05, 0.1) is 19.1 Å². The molecule has 0 radical (unpaired) electrons. The van der Waals surface area contributed by atoms with Gasteiger partial charge in [0.25, 0.3) is 0 Å². The summed E-state index contributed by atoms with van der Waals surface area (Å²) in [6.45, 7) is 3.35. The lowest BCUT2D eigenvalue weighted by Gasteiger charge is -2.26. The van der Waals surface area contributed by atoms with Crippen LogP contribution in [-0.2, 0) is 25.6 Å². The second-order valence-electron chi connectivity index (χ2n) is 10.7. The van der Waals surface area contributed by atoms with Crippen molar-refractivity contribution in [3.05, 3.63) is 90.5 Å². The van der Waals surface area contributed by atoms with E-state index in [1.807, 2.05) is 59.9 Å². The molecular weight excluding hydrogens is 647 g/mol. The number of benzene rings is 3. The van der Waals surface area contributed by atoms with Gasteiger partial charge in [0.1, 0.15) is 6.04 Å². The first-order valence-electron chi connectivity index (χ1n) is 15.3. The van der Waals surface area contributed by atoms with E-state index in [0.717, 1.165) is 16.0 Å². The number of aliphatic hydroxyl groups is 1. The molecule has 3 atom stereocenters. The second kappa shape index (κ2) is 20.8. The summed E-state index contributed by atoms with van der Waals surface area (Å²) in [6.07, 6.45) is -7.77. The number of carbonyl (C=O) groups excluding carboxylic acids is 4. The molecule has 0 heterocycles. The Morgan fingerprint density at radius 1 is 0.812 bits per heavy atom. The van der Waals surface area contributed by atoms with E-state index in [-0.39, 0.29) is 13.0 Å². The molecule has 3 aromatic rings. The Labute approximate surface area is 282 Å². The van der Waals surface area contributed by atoms with Crippen LogP contribution in [0.25, 0.3) is 11.1 Å². The van der Waals surface area contributed by atoms with Crippen LogP contribution in [0.4, 0.5) is 13.2 Å². The Morgan fingerprint density at radius 3 is 1.92 bits per heavy atom. The fraction of sp³-hybridized carbons (Fsp3) is 0.353. The molecule has 0 aliphatic carbocycles. The lowest BCUT2D eigenvalue weighted by molar-refractivity contribution is -0.212. The van der Waals surface area contributed by atoms with Gasteiger partial charge in [-0.15, -0.1) is 0 Å². The average Bonchev–Trinajstić information content (AvgIpc) is 3.06. The maximum absolute atomic E-state index is 13.1. The van der Waals surface area contributed by atoms with Gasteiger partial charge >= 0.3 is 6.18 Å². The number of hydrogen-bond acceptors (Lipinski definition) is 7. The minimum Gasteiger partial charge on any atom is -0.382 e. The van der Waals surface area contributed by atoms with E-state index in [4.69, 9.17) is 5.73 Å². The van der Waals surface area contributed by atoms with Gasteiger partial charge in [0, 0.05) is 17.7 Å². The first-order chi connectivity index (χ1) is 22.8. The number of hydrogen-bond donors (Lipinski definition) is 6. The molecule has 2 unspecified atom stereocenters. The van der Waals surface area contributed by atoms with Crippen molar-refractivity contribution in [2.45, 2.75) is 68.8 Å². The zero-order chi connectivity index (χ0) is 35.5. The van der Waals surface area contributed by atoms with E-state index in [1.54, 1.807) is 30.3 Å². The smallest absolute Gasteiger partial charge is 0.382 e. The zero-order valence-corrected chi connectivity index (χ0v) is 27.6. The molecule has 0 spiro atoms. The van der Waals surface area contributed by atoms with Gasteiger partial charge in [-0.3, -0.25) is 23.9 Å². The van der Waals surface area contributed by atoms with Crippen molar-refractivity contribution in [2.75, 3.05) is 13.1 Å². The molecule has 0 bridgehead atoms. The highest BCUT2D eigenvalue weighted by Gasteiger charge is 2.44. The number of rotatable bonds is 16. The van der Waals surface area contributed by atoms with E-state index in [1.165, 1.54) is 18.4 Å². The highest BCUT2D eigenvalue weighted by molar-refractivity contribution is 7.97. The molecule has 10 nitrogen and oxygen atoms in total. The maximum atomic E-state index is 13.1. The number of alkyl halides is 3. The molecule has 0 fully saturated rings. The number of aliphatic hydroxyl groups excluding tert-OH is 1. The summed E-state index contributed by atoms with van der Waals surface area (Å²) in [6, 6.07) is 23.4. The van der Waals surface area contributed by atoms with Crippen molar-refractivity contribution in [3.63, 3.8) is 0 Å². The lowest BCUT2D eigenvalue weighted by atomic mass is 10.0. The molecular formula is C34H42F3N5O5S. The minimum atomic E-state index is -5.07. The van der Waals surface area contributed by atoms with Gasteiger partial charge in [-0.1, -0.05) is 93.1 Å². The first-order valence-corrected chi connectivity index (χ1v) is 16.1. The van der Waals surface area contributed by atoms with Crippen LogP contribution in [0.5, 0.6) is 0 Å². The van der Waals surface area contributed by atoms with Crippen LogP contribution in [0.15, 0.2) is 89.8 Å². The monoisotopic (exact) mass is 689 g/mol. The zero-order valence-electron chi connectivity index (χ0n) is 26.8. The normalized spacial score (nSPS) is 12.8. The Morgan fingerprint density at radius 2 is 1.35 bits per heavy atom. The number of halogens is 3. The van der Waals surface area contributed by atoms with Crippen LogP contribution < -0.4 is 26.4 Å². The third-order valence-corrected chi connectivity index (χ3v) is 7.30. The molecule has 0 aliphatic heterocycles. The number of carbonyl (C=O) groups is 4. The van der Waals surface area contributed by atoms with Crippen LogP contribution >= 0.6 is 11.9 Å². The van der Waals surface area contributed by atoms with E-state index in [9.17, 15) is 37.5 Å². The molecule has 3 aromatic carbocycles. The van der Waals surface area contributed by atoms with Crippen molar-refractivity contribution in [2.24, 2.45) is 5.73 Å². The van der Waals surface area contributed by atoms with Gasteiger partial charge < -0.3 is 26.8 Å². The van der Waals surface area contributed by atoms with E-state index in [2.05, 4.69) is 29.2 Å².